The van der Waals surface area contributed by atoms with Crippen molar-refractivity contribution >= 4 is 0 Å². The van der Waals surface area contributed by atoms with Crippen LogP contribution >= 0.6 is 0 Å². The highest BCUT2D eigenvalue weighted by Crippen LogP contribution is 2.08. The standard InChI is InChI=1S/C11H16F2N2/c1-8(6-14-2)15-7-9-3-4-10(12)11(13)5-9/h3-5,8,14-15H,6-7H2,1-2H3. The smallest absolute Gasteiger partial charge is 0.159 e. The lowest BCUT2D eigenvalue weighted by molar-refractivity contribution is 0.499. The highest BCUT2D eigenvalue weighted by molar-refractivity contribution is 5.17. The fourth-order valence-corrected chi connectivity index (χ4v) is 1.32. The predicted molar refractivity (Wildman–Crippen MR) is 56.6 cm³/mol. The molecule has 1 aromatic carbocycles. The molecule has 0 aliphatic carbocycles. The fourth-order valence-electron chi connectivity index (χ4n) is 1.32. The Hall–Kier alpha value is -1.00. The van der Waals surface area contributed by atoms with Crippen LogP contribution in [0, 0.1) is 11.6 Å². The Balaban J connectivity index is 2.47. The molecule has 0 saturated carbocycles. The van der Waals surface area contributed by atoms with Crippen LogP contribution in [0.3, 0.4) is 0 Å². The van der Waals surface area contributed by atoms with Gasteiger partial charge in [0.25, 0.3) is 0 Å². The molecule has 0 radical (unpaired) electrons. The summed E-state index contributed by atoms with van der Waals surface area (Å²) in [5.74, 6) is -1.60. The van der Waals surface area contributed by atoms with Gasteiger partial charge in [0.15, 0.2) is 11.6 Å². The summed E-state index contributed by atoms with van der Waals surface area (Å²) in [5.41, 5.74) is 0.747. The minimum Gasteiger partial charge on any atom is -0.318 e. The average molecular weight is 214 g/mol. The van der Waals surface area contributed by atoms with Crippen LogP contribution in [0.15, 0.2) is 18.2 Å². The highest BCUT2D eigenvalue weighted by Gasteiger charge is 2.03. The van der Waals surface area contributed by atoms with Crippen LogP contribution in [0.25, 0.3) is 0 Å². The molecule has 84 valence electrons. The van der Waals surface area contributed by atoms with E-state index in [1.54, 1.807) is 6.07 Å². The Kier molecular flexibility index (Phi) is 4.65. The predicted octanol–water partition coefficient (Wildman–Crippen LogP) is 1.66. The molecular formula is C11H16F2N2. The number of likely N-dealkylation sites (N-methyl/N-ethyl adjacent to an activating group) is 1. The van der Waals surface area contributed by atoms with Gasteiger partial charge in [-0.25, -0.2) is 8.78 Å². The summed E-state index contributed by atoms with van der Waals surface area (Å²) in [5, 5.41) is 6.22. The van der Waals surface area contributed by atoms with Gasteiger partial charge >= 0.3 is 0 Å². The van der Waals surface area contributed by atoms with Gasteiger partial charge in [0.05, 0.1) is 0 Å². The van der Waals surface area contributed by atoms with Crippen molar-refractivity contribution in [2.24, 2.45) is 0 Å². The molecule has 0 heterocycles. The number of rotatable bonds is 5. The Morgan fingerprint density at radius 1 is 1.27 bits per heavy atom. The first-order valence-electron chi connectivity index (χ1n) is 4.95. The van der Waals surface area contributed by atoms with Crippen LogP contribution in [-0.2, 0) is 6.54 Å². The summed E-state index contributed by atoms with van der Waals surface area (Å²) in [4.78, 5) is 0. The third kappa shape index (κ3) is 3.93. The van der Waals surface area contributed by atoms with Crippen LogP contribution < -0.4 is 10.6 Å². The Morgan fingerprint density at radius 3 is 2.60 bits per heavy atom. The molecule has 2 N–H and O–H groups in total. The van der Waals surface area contributed by atoms with E-state index in [2.05, 4.69) is 10.6 Å². The second-order valence-electron chi connectivity index (χ2n) is 3.59. The summed E-state index contributed by atoms with van der Waals surface area (Å²) in [6.45, 7) is 3.40. The lowest BCUT2D eigenvalue weighted by Gasteiger charge is -2.13. The lowest BCUT2D eigenvalue weighted by atomic mass is 10.2. The van der Waals surface area contributed by atoms with Crippen molar-refractivity contribution < 1.29 is 8.78 Å². The largest absolute Gasteiger partial charge is 0.318 e. The van der Waals surface area contributed by atoms with Crippen LogP contribution in [-0.4, -0.2) is 19.6 Å². The molecule has 0 fully saturated rings. The van der Waals surface area contributed by atoms with Gasteiger partial charge in [-0.3, -0.25) is 0 Å². The normalized spacial score (nSPS) is 12.8. The number of halogens is 2. The molecule has 0 aliphatic heterocycles. The molecule has 1 rings (SSSR count). The van der Waals surface area contributed by atoms with Crippen molar-refractivity contribution in [1.29, 1.82) is 0 Å². The molecule has 0 bridgehead atoms. The number of nitrogens with one attached hydrogen (secondary N) is 2. The first kappa shape index (κ1) is 12.1. The molecule has 0 saturated heterocycles. The maximum atomic E-state index is 12.8. The topological polar surface area (TPSA) is 24.1 Å². The van der Waals surface area contributed by atoms with Crippen molar-refractivity contribution in [2.75, 3.05) is 13.6 Å². The van der Waals surface area contributed by atoms with E-state index in [1.165, 1.54) is 6.07 Å². The average Bonchev–Trinajstić information content (AvgIpc) is 2.20. The summed E-state index contributed by atoms with van der Waals surface area (Å²) in [6.07, 6.45) is 0. The van der Waals surface area contributed by atoms with Crippen molar-refractivity contribution in [2.45, 2.75) is 19.5 Å². The van der Waals surface area contributed by atoms with Gasteiger partial charge in [0.2, 0.25) is 0 Å². The first-order valence-corrected chi connectivity index (χ1v) is 4.95. The molecule has 15 heavy (non-hydrogen) atoms. The second kappa shape index (κ2) is 5.78. The molecule has 0 spiro atoms. The number of benzene rings is 1. The second-order valence-corrected chi connectivity index (χ2v) is 3.59. The van der Waals surface area contributed by atoms with E-state index in [0.717, 1.165) is 18.2 Å². The maximum absolute atomic E-state index is 12.8. The minimum absolute atomic E-state index is 0.295. The summed E-state index contributed by atoms with van der Waals surface area (Å²) in [7, 11) is 1.87. The van der Waals surface area contributed by atoms with Gasteiger partial charge in [-0.05, 0) is 31.7 Å². The van der Waals surface area contributed by atoms with Crippen LogP contribution in [0.1, 0.15) is 12.5 Å². The molecule has 1 aromatic rings. The Labute approximate surface area is 88.7 Å². The molecule has 0 amide bonds. The third-order valence-corrected chi connectivity index (χ3v) is 2.15. The zero-order valence-electron chi connectivity index (χ0n) is 8.98. The third-order valence-electron chi connectivity index (χ3n) is 2.15. The Bertz CT molecular complexity index is 315. The van der Waals surface area contributed by atoms with Gasteiger partial charge in [0, 0.05) is 19.1 Å². The van der Waals surface area contributed by atoms with E-state index in [9.17, 15) is 8.78 Å². The van der Waals surface area contributed by atoms with E-state index < -0.39 is 11.6 Å². The van der Waals surface area contributed by atoms with Crippen LogP contribution in [0.4, 0.5) is 8.78 Å². The molecule has 1 atom stereocenters. The van der Waals surface area contributed by atoms with E-state index >= 15 is 0 Å². The molecule has 2 nitrogen and oxygen atoms in total. The first-order chi connectivity index (χ1) is 7.13. The molecule has 0 aromatic heterocycles. The van der Waals surface area contributed by atoms with Gasteiger partial charge in [0.1, 0.15) is 0 Å². The molecule has 0 aliphatic rings. The molecule has 4 heteroatoms. The van der Waals surface area contributed by atoms with Gasteiger partial charge in [-0.2, -0.15) is 0 Å². The van der Waals surface area contributed by atoms with Crippen LogP contribution in [0.5, 0.6) is 0 Å². The maximum Gasteiger partial charge on any atom is 0.159 e. The molecule has 1 unspecified atom stereocenters. The van der Waals surface area contributed by atoms with Gasteiger partial charge in [-0.15, -0.1) is 0 Å². The number of hydrogen-bond acceptors (Lipinski definition) is 2. The highest BCUT2D eigenvalue weighted by atomic mass is 19.2. The van der Waals surface area contributed by atoms with E-state index in [-0.39, 0.29) is 0 Å². The minimum atomic E-state index is -0.804. The SMILES string of the molecule is CNCC(C)NCc1ccc(F)c(F)c1. The number of hydrogen-bond donors (Lipinski definition) is 2. The van der Waals surface area contributed by atoms with Crippen molar-refractivity contribution in [3.8, 4) is 0 Å². The van der Waals surface area contributed by atoms with Crippen LogP contribution in [0.2, 0.25) is 0 Å². The monoisotopic (exact) mass is 214 g/mol. The zero-order valence-corrected chi connectivity index (χ0v) is 8.98. The summed E-state index contributed by atoms with van der Waals surface area (Å²) in [6, 6.07) is 4.24. The fraction of sp³-hybridized carbons (Fsp3) is 0.455. The van der Waals surface area contributed by atoms with Gasteiger partial charge in [-0.1, -0.05) is 6.07 Å². The summed E-state index contributed by atoms with van der Waals surface area (Å²) >= 11 is 0. The quantitative estimate of drug-likeness (QED) is 0.779. The van der Waals surface area contributed by atoms with E-state index in [0.29, 0.717) is 12.6 Å². The van der Waals surface area contributed by atoms with Crippen molar-refractivity contribution in [3.63, 3.8) is 0 Å². The van der Waals surface area contributed by atoms with Crippen molar-refractivity contribution in [3.05, 3.63) is 35.4 Å². The Morgan fingerprint density at radius 2 is 2.00 bits per heavy atom. The molecular weight excluding hydrogens is 198 g/mol. The van der Waals surface area contributed by atoms with E-state index in [1.807, 2.05) is 14.0 Å². The zero-order chi connectivity index (χ0) is 11.3. The lowest BCUT2D eigenvalue weighted by Crippen LogP contribution is -2.34. The summed E-state index contributed by atoms with van der Waals surface area (Å²) < 4.78 is 25.4. The van der Waals surface area contributed by atoms with E-state index in [4.69, 9.17) is 0 Å². The van der Waals surface area contributed by atoms with Gasteiger partial charge < -0.3 is 10.6 Å². The van der Waals surface area contributed by atoms with Crippen molar-refractivity contribution in [1.82, 2.24) is 10.6 Å².